The number of rotatable bonds is 7. The molecule has 4 aromatic rings. The van der Waals surface area contributed by atoms with Gasteiger partial charge in [0.25, 0.3) is 0 Å². The number of nitrogens with zero attached hydrogens (tertiary/aromatic N) is 5. The van der Waals surface area contributed by atoms with E-state index in [1.165, 1.54) is 0 Å². The standard InChI is InChI=1S/C18H17N7O2/c19-13(10-12-6-2-1-3-7-12)17-23-24-18(26-17)21-11-15-22-16(25-27-15)14-8-4-5-9-20-14/h1-9,13H,10-11,19H2,(H,21,24)/t13-/m1/s1. The van der Waals surface area contributed by atoms with E-state index in [-0.39, 0.29) is 18.6 Å². The molecule has 4 rings (SSSR count). The highest BCUT2D eigenvalue weighted by Gasteiger charge is 2.16. The van der Waals surface area contributed by atoms with Gasteiger partial charge in [-0.1, -0.05) is 46.7 Å². The van der Waals surface area contributed by atoms with Crippen molar-refractivity contribution in [1.82, 2.24) is 25.3 Å². The van der Waals surface area contributed by atoms with E-state index in [2.05, 4.69) is 30.6 Å². The van der Waals surface area contributed by atoms with Crippen molar-refractivity contribution in [3.05, 3.63) is 72.1 Å². The molecule has 0 unspecified atom stereocenters. The zero-order chi connectivity index (χ0) is 18.5. The minimum atomic E-state index is -0.380. The molecule has 3 heterocycles. The minimum absolute atomic E-state index is 0.242. The van der Waals surface area contributed by atoms with Gasteiger partial charge in [-0.2, -0.15) is 4.98 Å². The van der Waals surface area contributed by atoms with Crippen LogP contribution in [0.15, 0.2) is 63.7 Å². The molecule has 0 aliphatic rings. The van der Waals surface area contributed by atoms with Crippen molar-refractivity contribution in [1.29, 1.82) is 0 Å². The average Bonchev–Trinajstić information content (AvgIpc) is 3.38. The van der Waals surface area contributed by atoms with Gasteiger partial charge in [-0.15, -0.1) is 5.10 Å². The first kappa shape index (κ1) is 16.9. The Hall–Kier alpha value is -3.59. The Labute approximate surface area is 154 Å². The van der Waals surface area contributed by atoms with E-state index in [0.29, 0.717) is 29.7 Å². The fraction of sp³-hybridized carbons (Fsp3) is 0.167. The van der Waals surface area contributed by atoms with Crippen molar-refractivity contribution >= 4 is 6.01 Å². The van der Waals surface area contributed by atoms with Crippen molar-refractivity contribution < 1.29 is 8.94 Å². The van der Waals surface area contributed by atoms with Gasteiger partial charge in [0.15, 0.2) is 0 Å². The molecule has 1 aromatic carbocycles. The minimum Gasteiger partial charge on any atom is -0.406 e. The van der Waals surface area contributed by atoms with E-state index < -0.39 is 0 Å². The predicted molar refractivity (Wildman–Crippen MR) is 96.2 cm³/mol. The van der Waals surface area contributed by atoms with Crippen LogP contribution in [-0.2, 0) is 13.0 Å². The molecule has 0 aliphatic heterocycles. The van der Waals surface area contributed by atoms with Crippen molar-refractivity contribution in [3.8, 4) is 11.5 Å². The van der Waals surface area contributed by atoms with Crippen molar-refractivity contribution in [2.75, 3.05) is 5.32 Å². The lowest BCUT2D eigenvalue weighted by Gasteiger charge is -2.06. The Bertz CT molecular complexity index is 985. The molecule has 1 atom stereocenters. The van der Waals surface area contributed by atoms with Gasteiger partial charge in [0.1, 0.15) is 5.69 Å². The first-order valence-corrected chi connectivity index (χ1v) is 8.39. The zero-order valence-corrected chi connectivity index (χ0v) is 14.3. The molecule has 27 heavy (non-hydrogen) atoms. The predicted octanol–water partition coefficient (Wildman–Crippen LogP) is 2.37. The van der Waals surface area contributed by atoms with Gasteiger partial charge < -0.3 is 20.0 Å². The van der Waals surface area contributed by atoms with Crippen LogP contribution in [0.4, 0.5) is 6.01 Å². The summed E-state index contributed by atoms with van der Waals surface area (Å²) >= 11 is 0. The normalized spacial score (nSPS) is 12.0. The highest BCUT2D eigenvalue weighted by molar-refractivity contribution is 5.47. The molecule has 3 aromatic heterocycles. The molecule has 0 bridgehead atoms. The second-order valence-corrected chi connectivity index (χ2v) is 5.82. The monoisotopic (exact) mass is 363 g/mol. The Morgan fingerprint density at radius 1 is 1.04 bits per heavy atom. The molecule has 0 radical (unpaired) electrons. The second kappa shape index (κ2) is 7.75. The number of nitrogens with two attached hydrogens (primary N) is 1. The molecule has 0 saturated heterocycles. The number of anilines is 1. The van der Waals surface area contributed by atoms with Crippen molar-refractivity contribution in [2.24, 2.45) is 5.73 Å². The van der Waals surface area contributed by atoms with E-state index >= 15 is 0 Å². The maximum absolute atomic E-state index is 6.14. The van der Waals surface area contributed by atoms with Crippen molar-refractivity contribution in [2.45, 2.75) is 19.0 Å². The van der Waals surface area contributed by atoms with Crippen LogP contribution in [0.1, 0.15) is 23.4 Å². The summed E-state index contributed by atoms with van der Waals surface area (Å²) in [4.78, 5) is 8.45. The van der Waals surface area contributed by atoms with Crippen LogP contribution < -0.4 is 11.1 Å². The van der Waals surface area contributed by atoms with Crippen LogP contribution in [-0.4, -0.2) is 25.3 Å². The van der Waals surface area contributed by atoms with Crippen LogP contribution >= 0.6 is 0 Å². The molecular formula is C18H17N7O2. The summed E-state index contributed by atoms with van der Waals surface area (Å²) in [6, 6.07) is 15.2. The Kier molecular flexibility index (Phi) is 4.84. The zero-order valence-electron chi connectivity index (χ0n) is 14.3. The molecule has 0 amide bonds. The molecule has 3 N–H and O–H groups in total. The van der Waals surface area contributed by atoms with Crippen LogP contribution in [0.2, 0.25) is 0 Å². The van der Waals surface area contributed by atoms with E-state index in [9.17, 15) is 0 Å². The van der Waals surface area contributed by atoms with E-state index in [1.807, 2.05) is 42.5 Å². The number of hydrogen-bond donors (Lipinski definition) is 2. The van der Waals surface area contributed by atoms with E-state index in [1.54, 1.807) is 12.3 Å². The Morgan fingerprint density at radius 3 is 2.70 bits per heavy atom. The summed E-state index contributed by atoms with van der Waals surface area (Å²) in [5.41, 5.74) is 7.88. The highest BCUT2D eigenvalue weighted by atomic mass is 16.5. The largest absolute Gasteiger partial charge is 0.406 e. The summed E-state index contributed by atoms with van der Waals surface area (Å²) in [6.45, 7) is 0.245. The number of aromatic nitrogens is 5. The van der Waals surface area contributed by atoms with Gasteiger partial charge in [-0.25, -0.2) is 0 Å². The lowest BCUT2D eigenvalue weighted by atomic mass is 10.1. The first-order valence-electron chi connectivity index (χ1n) is 8.39. The SMILES string of the molecule is N[C@H](Cc1ccccc1)c1nnc(NCc2nc(-c3ccccn3)no2)o1. The highest BCUT2D eigenvalue weighted by Crippen LogP contribution is 2.17. The third-order valence-corrected chi connectivity index (χ3v) is 3.81. The van der Waals surface area contributed by atoms with Gasteiger partial charge in [-0.05, 0) is 24.1 Å². The van der Waals surface area contributed by atoms with E-state index in [4.69, 9.17) is 14.7 Å². The average molecular weight is 363 g/mol. The van der Waals surface area contributed by atoms with Gasteiger partial charge >= 0.3 is 6.01 Å². The van der Waals surface area contributed by atoms with Gasteiger partial charge in [-0.3, -0.25) is 4.98 Å². The quantitative estimate of drug-likeness (QED) is 0.508. The molecule has 0 spiro atoms. The lowest BCUT2D eigenvalue weighted by Crippen LogP contribution is -2.13. The summed E-state index contributed by atoms with van der Waals surface area (Å²) < 4.78 is 10.8. The lowest BCUT2D eigenvalue weighted by molar-refractivity contribution is 0.381. The maximum Gasteiger partial charge on any atom is 0.315 e. The Morgan fingerprint density at radius 2 is 1.89 bits per heavy atom. The fourth-order valence-electron chi connectivity index (χ4n) is 2.49. The van der Waals surface area contributed by atoms with E-state index in [0.717, 1.165) is 5.56 Å². The molecule has 0 aliphatic carbocycles. The van der Waals surface area contributed by atoms with Crippen LogP contribution in [0.25, 0.3) is 11.5 Å². The first-order chi connectivity index (χ1) is 13.3. The molecule has 136 valence electrons. The number of hydrogen-bond acceptors (Lipinski definition) is 9. The van der Waals surface area contributed by atoms with Crippen LogP contribution in [0, 0.1) is 0 Å². The number of benzene rings is 1. The van der Waals surface area contributed by atoms with Crippen LogP contribution in [0.3, 0.4) is 0 Å². The third-order valence-electron chi connectivity index (χ3n) is 3.81. The summed E-state index contributed by atoms with van der Waals surface area (Å²) in [5.74, 6) is 1.16. The smallest absolute Gasteiger partial charge is 0.315 e. The van der Waals surface area contributed by atoms with Gasteiger partial charge in [0.05, 0.1) is 12.6 Å². The molecule has 9 nitrogen and oxygen atoms in total. The summed E-state index contributed by atoms with van der Waals surface area (Å²) in [5, 5.41) is 14.8. The molecular weight excluding hydrogens is 346 g/mol. The molecule has 9 heteroatoms. The summed E-state index contributed by atoms with van der Waals surface area (Å²) in [6.07, 6.45) is 2.28. The topological polar surface area (TPSA) is 129 Å². The molecule has 0 saturated carbocycles. The third kappa shape index (κ3) is 4.15. The fourth-order valence-corrected chi connectivity index (χ4v) is 2.49. The second-order valence-electron chi connectivity index (χ2n) is 5.82. The van der Waals surface area contributed by atoms with Gasteiger partial charge in [0.2, 0.25) is 17.6 Å². The van der Waals surface area contributed by atoms with Crippen molar-refractivity contribution in [3.63, 3.8) is 0 Å². The summed E-state index contributed by atoms with van der Waals surface area (Å²) in [7, 11) is 0. The van der Waals surface area contributed by atoms with Gasteiger partial charge in [0, 0.05) is 6.20 Å². The Balaban J connectivity index is 1.35. The molecule has 0 fully saturated rings. The number of pyridine rings is 1. The number of nitrogens with one attached hydrogen (secondary N) is 1. The maximum atomic E-state index is 6.14. The van der Waals surface area contributed by atoms with Crippen LogP contribution in [0.5, 0.6) is 0 Å².